The lowest BCUT2D eigenvalue weighted by Crippen LogP contribution is -2.10. The second-order valence-corrected chi connectivity index (χ2v) is 2.29. The first-order valence-electron chi connectivity index (χ1n) is 3.51. The van der Waals surface area contributed by atoms with E-state index in [9.17, 15) is 4.79 Å². The predicted octanol–water partition coefficient (Wildman–Crippen LogP) is -0.0159. The molecule has 1 aromatic heterocycles. The van der Waals surface area contributed by atoms with Crippen LogP contribution < -0.4 is 5.32 Å². The van der Waals surface area contributed by atoms with Gasteiger partial charge in [-0.2, -0.15) is 5.10 Å². The van der Waals surface area contributed by atoms with E-state index in [-0.39, 0.29) is 0 Å². The van der Waals surface area contributed by atoms with Crippen LogP contribution >= 0.6 is 0 Å². The van der Waals surface area contributed by atoms with Crippen LogP contribution in [0, 0.1) is 0 Å². The Labute approximate surface area is 65.0 Å². The first kappa shape index (κ1) is 7.94. The maximum atomic E-state index is 10.2. The van der Waals surface area contributed by atoms with Gasteiger partial charge < -0.3 is 5.32 Å². The Kier molecular flexibility index (Phi) is 2.80. The monoisotopic (exact) mass is 153 g/mol. The molecule has 0 aliphatic rings. The van der Waals surface area contributed by atoms with Crippen molar-refractivity contribution in [3.63, 3.8) is 0 Å². The van der Waals surface area contributed by atoms with Crippen LogP contribution in [-0.4, -0.2) is 30.1 Å². The molecular weight excluding hydrogens is 142 g/mol. The van der Waals surface area contributed by atoms with Crippen molar-refractivity contribution in [1.82, 2.24) is 15.5 Å². The number of aldehydes is 1. The van der Waals surface area contributed by atoms with Crippen molar-refractivity contribution in [3.05, 3.63) is 17.5 Å². The zero-order chi connectivity index (χ0) is 8.10. The predicted molar refractivity (Wildman–Crippen MR) is 41.6 cm³/mol. The summed E-state index contributed by atoms with van der Waals surface area (Å²) in [6.45, 7) is 0.889. The lowest BCUT2D eigenvalue weighted by Gasteiger charge is -1.93. The number of likely N-dealkylation sites (N-methyl/N-ethyl adjacent to an activating group) is 1. The van der Waals surface area contributed by atoms with Crippen molar-refractivity contribution < 1.29 is 4.79 Å². The van der Waals surface area contributed by atoms with Crippen molar-refractivity contribution in [1.29, 1.82) is 0 Å². The molecule has 4 nitrogen and oxygen atoms in total. The Balaban J connectivity index is 2.51. The summed E-state index contributed by atoms with van der Waals surface area (Å²) in [5.41, 5.74) is 1.46. The SMILES string of the molecule is CNCCc1cc(C=O)n[nH]1. The highest BCUT2D eigenvalue weighted by molar-refractivity contribution is 5.71. The van der Waals surface area contributed by atoms with Crippen molar-refractivity contribution in [2.24, 2.45) is 0 Å². The lowest BCUT2D eigenvalue weighted by atomic mass is 10.3. The minimum Gasteiger partial charge on any atom is -0.319 e. The van der Waals surface area contributed by atoms with E-state index in [1.165, 1.54) is 0 Å². The fraction of sp³-hybridized carbons (Fsp3) is 0.429. The molecule has 0 aliphatic heterocycles. The molecule has 0 aliphatic carbocycles. The van der Waals surface area contributed by atoms with E-state index in [0.717, 1.165) is 24.9 Å². The van der Waals surface area contributed by atoms with Gasteiger partial charge in [-0.1, -0.05) is 0 Å². The van der Waals surface area contributed by atoms with Crippen LogP contribution in [-0.2, 0) is 6.42 Å². The smallest absolute Gasteiger partial charge is 0.170 e. The Morgan fingerprint density at radius 2 is 2.64 bits per heavy atom. The molecule has 0 saturated carbocycles. The van der Waals surface area contributed by atoms with E-state index < -0.39 is 0 Å². The first-order chi connectivity index (χ1) is 5.36. The Hall–Kier alpha value is -1.16. The standard InChI is InChI=1S/C7H11N3O/c1-8-3-2-6-4-7(5-11)10-9-6/h4-5,8H,2-3H2,1H3,(H,9,10). The van der Waals surface area contributed by atoms with Crippen molar-refractivity contribution in [3.8, 4) is 0 Å². The molecule has 2 N–H and O–H groups in total. The van der Waals surface area contributed by atoms with Crippen LogP contribution in [0.25, 0.3) is 0 Å². The third-order valence-corrected chi connectivity index (χ3v) is 1.42. The Morgan fingerprint density at radius 3 is 3.18 bits per heavy atom. The molecule has 0 amide bonds. The number of aromatic nitrogens is 2. The third kappa shape index (κ3) is 2.16. The summed E-state index contributed by atoms with van der Waals surface area (Å²) in [6.07, 6.45) is 1.61. The van der Waals surface area contributed by atoms with E-state index in [1.54, 1.807) is 6.07 Å². The topological polar surface area (TPSA) is 57.8 Å². The average Bonchev–Trinajstić information content (AvgIpc) is 2.48. The van der Waals surface area contributed by atoms with E-state index in [1.807, 2.05) is 7.05 Å². The van der Waals surface area contributed by atoms with E-state index in [0.29, 0.717) is 5.69 Å². The lowest BCUT2D eigenvalue weighted by molar-refractivity contribution is 0.111. The molecule has 1 aromatic rings. The summed E-state index contributed by atoms with van der Waals surface area (Å²) in [5, 5.41) is 9.54. The number of carbonyl (C=O) groups is 1. The van der Waals surface area contributed by atoms with Gasteiger partial charge in [0.05, 0.1) is 0 Å². The number of nitrogens with zero attached hydrogens (tertiary/aromatic N) is 1. The fourth-order valence-electron chi connectivity index (χ4n) is 0.828. The van der Waals surface area contributed by atoms with Gasteiger partial charge in [-0.3, -0.25) is 9.89 Å². The van der Waals surface area contributed by atoms with Crippen LogP contribution in [0.15, 0.2) is 6.07 Å². The number of carbonyl (C=O) groups excluding carboxylic acids is 1. The van der Waals surface area contributed by atoms with Crippen LogP contribution in [0.2, 0.25) is 0 Å². The molecule has 1 heterocycles. The number of rotatable bonds is 4. The van der Waals surface area contributed by atoms with Crippen LogP contribution in [0.5, 0.6) is 0 Å². The van der Waals surface area contributed by atoms with E-state index >= 15 is 0 Å². The van der Waals surface area contributed by atoms with Gasteiger partial charge >= 0.3 is 0 Å². The van der Waals surface area contributed by atoms with Gasteiger partial charge in [-0.15, -0.1) is 0 Å². The molecule has 0 unspecified atom stereocenters. The van der Waals surface area contributed by atoms with Gasteiger partial charge in [0.15, 0.2) is 6.29 Å². The second kappa shape index (κ2) is 3.88. The minimum absolute atomic E-state index is 0.469. The molecule has 1 rings (SSSR count). The molecule has 4 heteroatoms. The molecular formula is C7H11N3O. The highest BCUT2D eigenvalue weighted by Crippen LogP contribution is 1.96. The molecule has 0 radical (unpaired) electrons. The number of nitrogens with one attached hydrogen (secondary N) is 2. The molecule has 0 fully saturated rings. The van der Waals surface area contributed by atoms with Gasteiger partial charge in [0.25, 0.3) is 0 Å². The summed E-state index contributed by atoms with van der Waals surface area (Å²) < 4.78 is 0. The van der Waals surface area contributed by atoms with Gasteiger partial charge in [0.1, 0.15) is 5.69 Å². The van der Waals surface area contributed by atoms with Gasteiger partial charge in [0.2, 0.25) is 0 Å². The van der Waals surface area contributed by atoms with Crippen molar-refractivity contribution in [2.75, 3.05) is 13.6 Å². The highest BCUT2D eigenvalue weighted by atomic mass is 16.1. The number of aromatic amines is 1. The van der Waals surface area contributed by atoms with E-state index in [4.69, 9.17) is 0 Å². The number of hydrogen-bond donors (Lipinski definition) is 2. The molecule has 0 atom stereocenters. The minimum atomic E-state index is 0.469. The summed E-state index contributed by atoms with van der Waals surface area (Å²) in [4.78, 5) is 10.2. The maximum absolute atomic E-state index is 10.2. The van der Waals surface area contributed by atoms with Crippen LogP contribution in [0.3, 0.4) is 0 Å². The maximum Gasteiger partial charge on any atom is 0.170 e. The zero-order valence-corrected chi connectivity index (χ0v) is 6.42. The van der Waals surface area contributed by atoms with Gasteiger partial charge in [-0.05, 0) is 13.1 Å². The summed E-state index contributed by atoms with van der Waals surface area (Å²) >= 11 is 0. The zero-order valence-electron chi connectivity index (χ0n) is 6.42. The largest absolute Gasteiger partial charge is 0.319 e. The van der Waals surface area contributed by atoms with Gasteiger partial charge in [-0.25, -0.2) is 0 Å². The van der Waals surface area contributed by atoms with E-state index in [2.05, 4.69) is 15.5 Å². The molecule has 11 heavy (non-hydrogen) atoms. The third-order valence-electron chi connectivity index (χ3n) is 1.42. The number of H-pyrrole nitrogens is 1. The fourth-order valence-corrected chi connectivity index (χ4v) is 0.828. The first-order valence-corrected chi connectivity index (χ1v) is 3.51. The van der Waals surface area contributed by atoms with Crippen LogP contribution in [0.1, 0.15) is 16.2 Å². The van der Waals surface area contributed by atoms with Crippen molar-refractivity contribution >= 4 is 6.29 Å². The van der Waals surface area contributed by atoms with Gasteiger partial charge in [0, 0.05) is 18.7 Å². The Bertz CT molecular complexity index is 231. The summed E-state index contributed by atoms with van der Waals surface area (Å²) in [7, 11) is 1.89. The molecule has 0 aromatic carbocycles. The Morgan fingerprint density at radius 1 is 1.82 bits per heavy atom. The highest BCUT2D eigenvalue weighted by Gasteiger charge is 1.97. The molecule has 60 valence electrons. The quantitative estimate of drug-likeness (QED) is 0.598. The summed E-state index contributed by atoms with van der Waals surface area (Å²) in [5.74, 6) is 0. The molecule has 0 spiro atoms. The average molecular weight is 153 g/mol. The molecule has 0 bridgehead atoms. The number of hydrogen-bond acceptors (Lipinski definition) is 3. The second-order valence-electron chi connectivity index (χ2n) is 2.29. The molecule has 0 saturated heterocycles. The normalized spacial score (nSPS) is 9.91. The van der Waals surface area contributed by atoms with Crippen LogP contribution in [0.4, 0.5) is 0 Å². The summed E-state index contributed by atoms with van der Waals surface area (Å²) in [6, 6.07) is 1.75. The van der Waals surface area contributed by atoms with Crippen molar-refractivity contribution in [2.45, 2.75) is 6.42 Å².